The number of hydrogen-bond acceptors (Lipinski definition) is 1. The Morgan fingerprint density at radius 1 is 1.06 bits per heavy atom. The first-order chi connectivity index (χ1) is 8.15. The fourth-order valence-corrected chi connectivity index (χ4v) is 2.14. The van der Waals surface area contributed by atoms with Gasteiger partial charge in [0, 0.05) is 15.6 Å². The van der Waals surface area contributed by atoms with Gasteiger partial charge in [-0.25, -0.2) is 8.78 Å². The molecule has 2 aromatic carbocycles. The molecule has 0 radical (unpaired) electrons. The summed E-state index contributed by atoms with van der Waals surface area (Å²) in [6, 6.07) is 8.68. The Balaban J connectivity index is 2.73. The van der Waals surface area contributed by atoms with Crippen LogP contribution in [0.1, 0.15) is 10.4 Å². The molecular formula is C13H7BrF2O. The molecule has 17 heavy (non-hydrogen) atoms. The van der Waals surface area contributed by atoms with Crippen LogP contribution in [-0.2, 0) is 0 Å². The van der Waals surface area contributed by atoms with E-state index in [1.165, 1.54) is 30.3 Å². The van der Waals surface area contributed by atoms with Gasteiger partial charge in [-0.05, 0) is 18.2 Å². The molecule has 2 aromatic rings. The Morgan fingerprint density at radius 3 is 2.41 bits per heavy atom. The first-order valence-corrected chi connectivity index (χ1v) is 5.62. The van der Waals surface area contributed by atoms with Crippen molar-refractivity contribution in [1.29, 1.82) is 0 Å². The van der Waals surface area contributed by atoms with Crippen LogP contribution in [0.3, 0.4) is 0 Å². The molecule has 0 heterocycles. The molecule has 0 saturated heterocycles. The van der Waals surface area contributed by atoms with E-state index in [4.69, 9.17) is 0 Å². The minimum absolute atomic E-state index is 0.0691. The molecule has 0 aliphatic heterocycles. The van der Waals surface area contributed by atoms with E-state index in [9.17, 15) is 13.6 Å². The normalized spacial score (nSPS) is 10.3. The molecule has 1 nitrogen and oxygen atoms in total. The summed E-state index contributed by atoms with van der Waals surface area (Å²) in [5.74, 6) is -1.25. The van der Waals surface area contributed by atoms with Crippen molar-refractivity contribution in [3.8, 4) is 11.1 Å². The molecule has 2 rings (SSSR count). The SMILES string of the molecule is O=Cc1cccc(-c2c(F)cccc2Br)c1F. The predicted molar refractivity (Wildman–Crippen MR) is 64.9 cm³/mol. The van der Waals surface area contributed by atoms with Crippen LogP contribution in [0.4, 0.5) is 8.78 Å². The Labute approximate surface area is 105 Å². The molecule has 0 bridgehead atoms. The lowest BCUT2D eigenvalue weighted by Crippen LogP contribution is -1.94. The lowest BCUT2D eigenvalue weighted by Gasteiger charge is -2.08. The van der Waals surface area contributed by atoms with E-state index in [-0.39, 0.29) is 16.7 Å². The van der Waals surface area contributed by atoms with Gasteiger partial charge in [-0.3, -0.25) is 4.79 Å². The first-order valence-electron chi connectivity index (χ1n) is 4.83. The number of benzene rings is 2. The van der Waals surface area contributed by atoms with E-state index in [2.05, 4.69) is 15.9 Å². The van der Waals surface area contributed by atoms with Gasteiger partial charge in [-0.1, -0.05) is 34.1 Å². The minimum atomic E-state index is -0.715. The highest BCUT2D eigenvalue weighted by Crippen LogP contribution is 2.33. The molecule has 0 saturated carbocycles. The number of rotatable bonds is 2. The second-order valence-electron chi connectivity index (χ2n) is 3.42. The van der Waals surface area contributed by atoms with Crippen molar-refractivity contribution in [3.63, 3.8) is 0 Å². The number of aldehydes is 1. The smallest absolute Gasteiger partial charge is 0.153 e. The highest BCUT2D eigenvalue weighted by atomic mass is 79.9. The lowest BCUT2D eigenvalue weighted by atomic mass is 10.0. The summed E-state index contributed by atoms with van der Waals surface area (Å²) < 4.78 is 28.0. The lowest BCUT2D eigenvalue weighted by molar-refractivity contribution is 0.112. The fraction of sp³-hybridized carbons (Fsp3) is 0. The van der Waals surface area contributed by atoms with Crippen LogP contribution >= 0.6 is 15.9 Å². The molecule has 0 N–H and O–H groups in total. The maximum atomic E-state index is 13.9. The molecular weight excluding hydrogens is 290 g/mol. The van der Waals surface area contributed by atoms with E-state index in [0.717, 1.165) is 0 Å². The second-order valence-corrected chi connectivity index (χ2v) is 4.28. The van der Waals surface area contributed by atoms with Crippen molar-refractivity contribution in [2.24, 2.45) is 0 Å². The molecule has 0 aliphatic rings. The molecule has 4 heteroatoms. The number of halogens is 3. The van der Waals surface area contributed by atoms with Gasteiger partial charge in [-0.2, -0.15) is 0 Å². The summed E-state index contributed by atoms with van der Waals surface area (Å²) in [6.07, 6.45) is 0.410. The van der Waals surface area contributed by atoms with E-state index in [1.54, 1.807) is 6.07 Å². The summed E-state index contributed by atoms with van der Waals surface area (Å²) in [6.45, 7) is 0. The third-order valence-electron chi connectivity index (χ3n) is 2.39. The van der Waals surface area contributed by atoms with Crippen LogP contribution < -0.4 is 0 Å². The van der Waals surface area contributed by atoms with Gasteiger partial charge in [0.05, 0.1) is 5.56 Å². The van der Waals surface area contributed by atoms with Crippen LogP contribution in [0, 0.1) is 11.6 Å². The average molecular weight is 297 g/mol. The Morgan fingerprint density at radius 2 is 1.76 bits per heavy atom. The van der Waals surface area contributed by atoms with Gasteiger partial charge in [0.15, 0.2) is 6.29 Å². The highest BCUT2D eigenvalue weighted by molar-refractivity contribution is 9.10. The molecule has 0 atom stereocenters. The molecule has 0 fully saturated rings. The zero-order valence-corrected chi connectivity index (χ0v) is 10.2. The zero-order chi connectivity index (χ0) is 12.4. The zero-order valence-electron chi connectivity index (χ0n) is 8.58. The third kappa shape index (κ3) is 2.13. The summed E-state index contributed by atoms with van der Waals surface area (Å²) in [5.41, 5.74) is 0.103. The summed E-state index contributed by atoms with van der Waals surface area (Å²) >= 11 is 3.17. The van der Waals surface area contributed by atoms with Gasteiger partial charge in [0.1, 0.15) is 11.6 Å². The monoisotopic (exact) mass is 296 g/mol. The summed E-state index contributed by atoms with van der Waals surface area (Å²) in [5, 5.41) is 0. The quantitative estimate of drug-likeness (QED) is 0.759. The maximum Gasteiger partial charge on any atom is 0.153 e. The van der Waals surface area contributed by atoms with Crippen LogP contribution in [0.15, 0.2) is 40.9 Å². The van der Waals surface area contributed by atoms with E-state index < -0.39 is 11.6 Å². The molecule has 86 valence electrons. The third-order valence-corrected chi connectivity index (χ3v) is 3.05. The molecule has 0 aromatic heterocycles. The molecule has 0 aliphatic carbocycles. The van der Waals surface area contributed by atoms with Crippen molar-refractivity contribution >= 4 is 22.2 Å². The molecule has 0 unspecified atom stereocenters. The van der Waals surface area contributed by atoms with Gasteiger partial charge in [-0.15, -0.1) is 0 Å². The van der Waals surface area contributed by atoms with Crippen LogP contribution in [-0.4, -0.2) is 6.29 Å². The standard InChI is InChI=1S/C13H7BrF2O/c14-10-5-2-6-11(15)12(10)9-4-1-3-8(7-17)13(9)16/h1-7H. The predicted octanol–water partition coefficient (Wildman–Crippen LogP) is 4.21. The van der Waals surface area contributed by atoms with E-state index in [0.29, 0.717) is 10.8 Å². The molecule has 0 amide bonds. The largest absolute Gasteiger partial charge is 0.298 e. The van der Waals surface area contributed by atoms with Crippen molar-refractivity contribution < 1.29 is 13.6 Å². The second kappa shape index (κ2) is 4.75. The first kappa shape index (κ1) is 11.9. The Bertz CT molecular complexity index is 561. The Hall–Kier alpha value is -1.55. The number of carbonyl (C=O) groups is 1. The van der Waals surface area contributed by atoms with Crippen LogP contribution in [0.25, 0.3) is 11.1 Å². The van der Waals surface area contributed by atoms with Crippen molar-refractivity contribution in [2.45, 2.75) is 0 Å². The van der Waals surface area contributed by atoms with Crippen LogP contribution in [0.5, 0.6) is 0 Å². The molecule has 0 spiro atoms. The Kier molecular flexibility index (Phi) is 3.33. The minimum Gasteiger partial charge on any atom is -0.298 e. The van der Waals surface area contributed by atoms with Crippen molar-refractivity contribution in [2.75, 3.05) is 0 Å². The number of hydrogen-bond donors (Lipinski definition) is 0. The maximum absolute atomic E-state index is 13.9. The van der Waals surface area contributed by atoms with Gasteiger partial charge in [0.2, 0.25) is 0 Å². The van der Waals surface area contributed by atoms with Gasteiger partial charge < -0.3 is 0 Å². The van der Waals surface area contributed by atoms with Gasteiger partial charge in [0.25, 0.3) is 0 Å². The number of carbonyl (C=O) groups excluding carboxylic acids is 1. The van der Waals surface area contributed by atoms with Crippen molar-refractivity contribution in [3.05, 3.63) is 58.1 Å². The van der Waals surface area contributed by atoms with Crippen LogP contribution in [0.2, 0.25) is 0 Å². The summed E-state index contributed by atoms with van der Waals surface area (Å²) in [7, 11) is 0. The fourth-order valence-electron chi connectivity index (χ4n) is 1.59. The van der Waals surface area contributed by atoms with Gasteiger partial charge >= 0.3 is 0 Å². The topological polar surface area (TPSA) is 17.1 Å². The van der Waals surface area contributed by atoms with E-state index in [1.807, 2.05) is 0 Å². The summed E-state index contributed by atoms with van der Waals surface area (Å²) in [4.78, 5) is 10.6. The van der Waals surface area contributed by atoms with Crippen molar-refractivity contribution in [1.82, 2.24) is 0 Å². The average Bonchev–Trinajstić information content (AvgIpc) is 2.31. The highest BCUT2D eigenvalue weighted by Gasteiger charge is 2.15. The van der Waals surface area contributed by atoms with E-state index >= 15 is 0 Å².